The highest BCUT2D eigenvalue weighted by atomic mass is 35.5. The number of halogens is 2. The zero-order chi connectivity index (χ0) is 11.7. The molecule has 1 aromatic rings. The molecule has 0 amide bonds. The SMILES string of the molecule is Cl.Cl.OCc1csc(N2CC[C@@H]3NCCC[C@@H]3C2)n1. The Labute approximate surface area is 130 Å². The smallest absolute Gasteiger partial charge is 0.185 e. The van der Waals surface area contributed by atoms with Crippen molar-refractivity contribution in [1.82, 2.24) is 10.3 Å². The summed E-state index contributed by atoms with van der Waals surface area (Å²) in [6, 6.07) is 0.720. The quantitative estimate of drug-likeness (QED) is 0.873. The van der Waals surface area contributed by atoms with Crippen molar-refractivity contribution in [3.05, 3.63) is 11.1 Å². The fraction of sp³-hybridized carbons (Fsp3) is 0.750. The number of aromatic nitrogens is 1. The van der Waals surface area contributed by atoms with E-state index in [1.165, 1.54) is 25.8 Å². The lowest BCUT2D eigenvalue weighted by Gasteiger charge is -2.41. The minimum Gasteiger partial charge on any atom is -0.390 e. The number of hydrogen-bond donors (Lipinski definition) is 2. The van der Waals surface area contributed by atoms with Gasteiger partial charge in [-0.15, -0.1) is 36.2 Å². The summed E-state index contributed by atoms with van der Waals surface area (Å²) in [4.78, 5) is 6.85. The second-order valence-electron chi connectivity index (χ2n) is 4.98. The van der Waals surface area contributed by atoms with Gasteiger partial charge in [-0.1, -0.05) is 0 Å². The summed E-state index contributed by atoms with van der Waals surface area (Å²) in [5.74, 6) is 0.777. The van der Waals surface area contributed by atoms with Gasteiger partial charge < -0.3 is 15.3 Å². The predicted octanol–water partition coefficient (Wildman–Crippen LogP) is 2.06. The van der Waals surface area contributed by atoms with Crippen LogP contribution in [-0.4, -0.2) is 35.8 Å². The fourth-order valence-corrected chi connectivity index (χ4v) is 3.79. The molecule has 0 spiro atoms. The van der Waals surface area contributed by atoms with Crippen molar-refractivity contribution in [3.63, 3.8) is 0 Å². The van der Waals surface area contributed by atoms with Crippen LogP contribution in [-0.2, 0) is 6.61 Å². The maximum absolute atomic E-state index is 9.05. The molecule has 0 unspecified atom stereocenters. The van der Waals surface area contributed by atoms with Crippen LogP contribution < -0.4 is 10.2 Å². The van der Waals surface area contributed by atoms with E-state index in [9.17, 15) is 0 Å². The monoisotopic (exact) mass is 325 g/mol. The molecular formula is C12H21Cl2N3OS. The molecule has 3 heterocycles. The summed E-state index contributed by atoms with van der Waals surface area (Å²) in [6.07, 6.45) is 3.86. The average molecular weight is 326 g/mol. The Kier molecular flexibility index (Phi) is 6.83. The van der Waals surface area contributed by atoms with E-state index < -0.39 is 0 Å². The van der Waals surface area contributed by atoms with Crippen molar-refractivity contribution in [2.24, 2.45) is 5.92 Å². The van der Waals surface area contributed by atoms with Crippen molar-refractivity contribution < 1.29 is 5.11 Å². The molecule has 7 heteroatoms. The molecule has 0 bridgehead atoms. The van der Waals surface area contributed by atoms with E-state index in [1.54, 1.807) is 11.3 Å². The first-order valence-electron chi connectivity index (χ1n) is 6.40. The van der Waals surface area contributed by atoms with Gasteiger partial charge >= 0.3 is 0 Å². The zero-order valence-corrected chi connectivity index (χ0v) is 13.2. The molecule has 1 aromatic heterocycles. The van der Waals surface area contributed by atoms with Crippen molar-refractivity contribution in [1.29, 1.82) is 0 Å². The summed E-state index contributed by atoms with van der Waals surface area (Å²) >= 11 is 1.65. The van der Waals surface area contributed by atoms with E-state index in [-0.39, 0.29) is 31.4 Å². The van der Waals surface area contributed by atoms with Crippen molar-refractivity contribution in [3.8, 4) is 0 Å². The number of hydrogen-bond acceptors (Lipinski definition) is 5. The first kappa shape index (κ1) is 17.0. The van der Waals surface area contributed by atoms with Crippen LogP contribution in [0, 0.1) is 5.92 Å². The number of nitrogens with zero attached hydrogens (tertiary/aromatic N) is 2. The van der Waals surface area contributed by atoms with Crippen LogP contribution in [0.4, 0.5) is 5.13 Å². The molecule has 3 rings (SSSR count). The van der Waals surface area contributed by atoms with E-state index in [2.05, 4.69) is 15.2 Å². The Morgan fingerprint density at radius 2 is 2.26 bits per heavy atom. The molecular weight excluding hydrogens is 305 g/mol. The second-order valence-corrected chi connectivity index (χ2v) is 5.81. The van der Waals surface area contributed by atoms with Gasteiger partial charge in [0.2, 0.25) is 0 Å². The Morgan fingerprint density at radius 1 is 1.42 bits per heavy atom. The number of aliphatic hydroxyl groups is 1. The molecule has 4 nitrogen and oxygen atoms in total. The van der Waals surface area contributed by atoms with E-state index in [0.717, 1.165) is 35.9 Å². The van der Waals surface area contributed by atoms with Crippen molar-refractivity contribution in [2.75, 3.05) is 24.5 Å². The zero-order valence-electron chi connectivity index (χ0n) is 10.7. The van der Waals surface area contributed by atoms with Gasteiger partial charge in [0, 0.05) is 24.5 Å². The number of thiazole rings is 1. The molecule has 2 aliphatic heterocycles. The maximum Gasteiger partial charge on any atom is 0.185 e. The third-order valence-electron chi connectivity index (χ3n) is 3.86. The summed E-state index contributed by atoms with van der Waals surface area (Å²) in [6.45, 7) is 3.45. The van der Waals surface area contributed by atoms with Gasteiger partial charge in [-0.3, -0.25) is 0 Å². The Hall–Kier alpha value is -0.0700. The maximum atomic E-state index is 9.05. The molecule has 19 heavy (non-hydrogen) atoms. The molecule has 0 aromatic carbocycles. The Morgan fingerprint density at radius 3 is 3.00 bits per heavy atom. The van der Waals surface area contributed by atoms with Crippen molar-refractivity contribution in [2.45, 2.75) is 31.9 Å². The van der Waals surface area contributed by atoms with Crippen LogP contribution in [0.3, 0.4) is 0 Å². The van der Waals surface area contributed by atoms with Crippen molar-refractivity contribution >= 4 is 41.3 Å². The number of aliphatic hydroxyl groups excluding tert-OH is 1. The summed E-state index contributed by atoms with van der Waals surface area (Å²) < 4.78 is 0. The molecule has 110 valence electrons. The third-order valence-corrected chi connectivity index (χ3v) is 4.81. The lowest BCUT2D eigenvalue weighted by atomic mass is 9.86. The minimum absolute atomic E-state index is 0. The Bertz CT molecular complexity index is 391. The van der Waals surface area contributed by atoms with E-state index in [0.29, 0.717) is 0 Å². The van der Waals surface area contributed by atoms with Gasteiger partial charge in [0.05, 0.1) is 12.3 Å². The standard InChI is InChI=1S/C12H19N3OS.2ClH/c16-7-10-8-17-12(14-10)15-5-3-11-9(6-15)2-1-4-13-11;;/h8-9,11,13,16H,1-7H2;2*1H/t9-,11+;;/m1../s1. The van der Waals surface area contributed by atoms with Gasteiger partial charge in [-0.25, -0.2) is 4.98 Å². The number of piperidine rings is 2. The fourth-order valence-electron chi connectivity index (χ4n) is 2.93. The van der Waals surface area contributed by atoms with Crippen LogP contribution in [0.15, 0.2) is 5.38 Å². The lowest BCUT2D eigenvalue weighted by Crippen LogP contribution is -2.52. The summed E-state index contributed by atoms with van der Waals surface area (Å²) in [5, 5.41) is 15.7. The van der Waals surface area contributed by atoms with Gasteiger partial charge in [0.15, 0.2) is 5.13 Å². The van der Waals surface area contributed by atoms with Crippen LogP contribution >= 0.6 is 36.2 Å². The Balaban J connectivity index is 0.000000902. The topological polar surface area (TPSA) is 48.4 Å². The third kappa shape index (κ3) is 3.73. The molecule has 2 saturated heterocycles. The van der Waals surface area contributed by atoms with Crippen LogP contribution in [0.2, 0.25) is 0 Å². The molecule has 2 aliphatic rings. The van der Waals surface area contributed by atoms with Crippen LogP contribution in [0.25, 0.3) is 0 Å². The number of fused-ring (bicyclic) bond motifs is 1. The second kappa shape index (κ2) is 7.64. The van der Waals surface area contributed by atoms with Crippen LogP contribution in [0.1, 0.15) is 25.0 Å². The molecule has 2 atom stereocenters. The summed E-state index contributed by atoms with van der Waals surface area (Å²) in [7, 11) is 0. The molecule has 2 fully saturated rings. The van der Waals surface area contributed by atoms with E-state index in [1.807, 2.05) is 5.38 Å². The first-order chi connectivity index (χ1) is 8.36. The minimum atomic E-state index is 0. The van der Waals surface area contributed by atoms with E-state index in [4.69, 9.17) is 5.11 Å². The first-order valence-corrected chi connectivity index (χ1v) is 7.28. The lowest BCUT2D eigenvalue weighted by molar-refractivity contribution is 0.244. The molecule has 0 radical (unpaired) electrons. The van der Waals surface area contributed by atoms with Gasteiger partial charge in [-0.05, 0) is 31.7 Å². The number of nitrogens with one attached hydrogen (secondary N) is 1. The normalized spacial score (nSPS) is 26.1. The van der Waals surface area contributed by atoms with Gasteiger partial charge in [0.25, 0.3) is 0 Å². The highest BCUT2D eigenvalue weighted by molar-refractivity contribution is 7.13. The summed E-state index contributed by atoms with van der Waals surface area (Å²) in [5.41, 5.74) is 0.800. The van der Waals surface area contributed by atoms with Gasteiger partial charge in [0.1, 0.15) is 0 Å². The highest BCUT2D eigenvalue weighted by Gasteiger charge is 2.31. The predicted molar refractivity (Wildman–Crippen MR) is 83.9 cm³/mol. The largest absolute Gasteiger partial charge is 0.390 e. The van der Waals surface area contributed by atoms with Crippen LogP contribution in [0.5, 0.6) is 0 Å². The van der Waals surface area contributed by atoms with E-state index >= 15 is 0 Å². The average Bonchev–Trinajstić information content (AvgIpc) is 2.87. The molecule has 0 aliphatic carbocycles. The molecule has 0 saturated carbocycles. The highest BCUT2D eigenvalue weighted by Crippen LogP contribution is 2.30. The van der Waals surface area contributed by atoms with Gasteiger partial charge in [-0.2, -0.15) is 0 Å². The number of rotatable bonds is 2. The number of anilines is 1. The molecule has 2 N–H and O–H groups in total.